The number of hydrogen-bond donors (Lipinski definition) is 0. The maximum atomic E-state index is 12.3. The van der Waals surface area contributed by atoms with Gasteiger partial charge in [0, 0.05) is 24.0 Å². The molecule has 0 saturated heterocycles. The van der Waals surface area contributed by atoms with Gasteiger partial charge in [0.05, 0.1) is 3.57 Å². The van der Waals surface area contributed by atoms with Gasteiger partial charge in [0.25, 0.3) is 0 Å². The molecule has 2 aromatic rings. The minimum absolute atomic E-state index is 0.248. The van der Waals surface area contributed by atoms with Gasteiger partial charge in [-0.1, -0.05) is 33.9 Å². The number of aromatic nitrogens is 1. The Bertz CT molecular complexity index is 774. The summed E-state index contributed by atoms with van der Waals surface area (Å²) in [5.74, 6) is 0.637. The number of hydrogen-bond acceptors (Lipinski definition) is 2. The maximum absolute atomic E-state index is 12.3. The summed E-state index contributed by atoms with van der Waals surface area (Å²) >= 11 is 2.29. The second-order valence-electron chi connectivity index (χ2n) is 7.85. The number of carbonyl (C=O) groups is 1. The van der Waals surface area contributed by atoms with Crippen molar-refractivity contribution in [3.05, 3.63) is 28.0 Å². The molecule has 1 heterocycles. The van der Waals surface area contributed by atoms with Crippen molar-refractivity contribution in [3.8, 4) is 5.75 Å². The number of fused-ring (bicyclic) bond motifs is 1. The van der Waals surface area contributed by atoms with Crippen LogP contribution in [0.2, 0.25) is 18.1 Å². The number of amides is 1. The van der Waals surface area contributed by atoms with E-state index in [1.807, 2.05) is 19.9 Å². The summed E-state index contributed by atoms with van der Waals surface area (Å²) < 4.78 is 9.09. The van der Waals surface area contributed by atoms with Crippen LogP contribution in [-0.2, 0) is 0 Å². The first-order chi connectivity index (χ1) is 11.5. The molecule has 0 aliphatic heterocycles. The predicted molar refractivity (Wildman–Crippen MR) is 116 cm³/mol. The number of ether oxygens (including phenoxy) is 1. The Kier molecular flexibility index (Phi) is 5.93. The molecule has 1 aromatic heterocycles. The normalized spacial score (nSPS) is 12.5. The summed E-state index contributed by atoms with van der Waals surface area (Å²) in [6, 6.07) is 6.16. The van der Waals surface area contributed by atoms with Gasteiger partial charge in [-0.15, -0.1) is 0 Å². The summed E-state index contributed by atoms with van der Waals surface area (Å²) in [5.41, 5.74) is 1.22. The third-order valence-corrected chi connectivity index (χ3v) is 11.8. The molecule has 0 aliphatic rings. The SMILES string of the molecule is CCN(CC)C(=O)Oc1ccc2c(ccn2[Si](C)(C)C(C)(C)C)c1I. The lowest BCUT2D eigenvalue weighted by atomic mass is 10.2. The standard InChI is InChI=1S/C19H29IN2O2Si/c1-8-21(9-2)18(23)24-16-11-10-15-14(17(16)20)12-13-22(15)25(6,7)19(3,4)5/h10-13H,8-9H2,1-7H3. The third-order valence-electron chi connectivity index (χ3n) is 5.43. The highest BCUT2D eigenvalue weighted by molar-refractivity contribution is 14.1. The van der Waals surface area contributed by atoms with Crippen LogP contribution in [0.25, 0.3) is 10.9 Å². The molecule has 0 N–H and O–H groups in total. The molecule has 0 fully saturated rings. The molecule has 138 valence electrons. The fraction of sp³-hybridized carbons (Fsp3) is 0.526. The van der Waals surface area contributed by atoms with E-state index in [0.717, 1.165) is 8.96 Å². The molecule has 0 bridgehead atoms. The quantitative estimate of drug-likeness (QED) is 0.408. The lowest BCUT2D eigenvalue weighted by molar-refractivity contribution is 0.157. The van der Waals surface area contributed by atoms with Crippen molar-refractivity contribution < 1.29 is 9.53 Å². The van der Waals surface area contributed by atoms with Crippen LogP contribution >= 0.6 is 22.6 Å². The molecule has 25 heavy (non-hydrogen) atoms. The molecule has 2 rings (SSSR count). The highest BCUT2D eigenvalue weighted by Crippen LogP contribution is 2.40. The number of halogens is 1. The van der Waals surface area contributed by atoms with Crippen molar-refractivity contribution in [3.63, 3.8) is 0 Å². The lowest BCUT2D eigenvalue weighted by Crippen LogP contribution is -2.44. The van der Waals surface area contributed by atoms with E-state index in [1.165, 1.54) is 5.52 Å². The van der Waals surface area contributed by atoms with Gasteiger partial charge in [-0.3, -0.25) is 0 Å². The molecule has 0 aliphatic carbocycles. The highest BCUT2D eigenvalue weighted by atomic mass is 127. The van der Waals surface area contributed by atoms with Gasteiger partial charge in [-0.2, -0.15) is 0 Å². The molecule has 0 spiro atoms. The first-order valence-corrected chi connectivity index (χ1v) is 12.8. The zero-order valence-electron chi connectivity index (χ0n) is 16.3. The minimum atomic E-state index is -1.70. The number of nitrogens with zero attached hydrogens (tertiary/aromatic N) is 2. The Morgan fingerprint density at radius 3 is 2.32 bits per heavy atom. The lowest BCUT2D eigenvalue weighted by Gasteiger charge is -2.38. The molecule has 4 nitrogen and oxygen atoms in total. The highest BCUT2D eigenvalue weighted by Gasteiger charge is 2.38. The molecule has 1 amide bonds. The zero-order valence-corrected chi connectivity index (χ0v) is 19.5. The van der Waals surface area contributed by atoms with Crippen LogP contribution in [-0.4, -0.2) is 36.6 Å². The molecular formula is C19H29IN2O2Si. The fourth-order valence-electron chi connectivity index (χ4n) is 2.73. The van der Waals surface area contributed by atoms with Crippen molar-refractivity contribution in [2.24, 2.45) is 0 Å². The minimum Gasteiger partial charge on any atom is -0.409 e. The van der Waals surface area contributed by atoms with Crippen LogP contribution in [0.1, 0.15) is 34.6 Å². The molecule has 0 atom stereocenters. The molecule has 1 aromatic carbocycles. The van der Waals surface area contributed by atoms with Crippen molar-refractivity contribution in [2.45, 2.75) is 52.8 Å². The van der Waals surface area contributed by atoms with Crippen LogP contribution in [0.4, 0.5) is 4.79 Å². The van der Waals surface area contributed by atoms with Crippen LogP contribution in [0, 0.1) is 3.57 Å². The van der Waals surface area contributed by atoms with Crippen molar-refractivity contribution in [1.82, 2.24) is 9.13 Å². The predicted octanol–water partition coefficient (Wildman–Crippen LogP) is 5.94. The molecule has 0 saturated carbocycles. The van der Waals surface area contributed by atoms with E-state index in [0.29, 0.717) is 18.8 Å². The topological polar surface area (TPSA) is 34.5 Å². The Hall–Kier alpha value is -1.02. The Morgan fingerprint density at radius 1 is 1.20 bits per heavy atom. The number of carbonyl (C=O) groups excluding carboxylic acids is 1. The van der Waals surface area contributed by atoms with Gasteiger partial charge < -0.3 is 13.9 Å². The fourth-order valence-corrected chi connectivity index (χ4v) is 5.44. The van der Waals surface area contributed by atoms with Crippen molar-refractivity contribution in [2.75, 3.05) is 13.1 Å². The summed E-state index contributed by atoms with van der Waals surface area (Å²) in [6.07, 6.45) is 1.91. The van der Waals surface area contributed by atoms with E-state index >= 15 is 0 Å². The largest absolute Gasteiger partial charge is 0.415 e. The van der Waals surface area contributed by atoms with E-state index in [2.05, 4.69) is 79.0 Å². The van der Waals surface area contributed by atoms with Crippen LogP contribution in [0.5, 0.6) is 5.75 Å². The van der Waals surface area contributed by atoms with Gasteiger partial charge in [-0.25, -0.2) is 4.79 Å². The Morgan fingerprint density at radius 2 is 1.80 bits per heavy atom. The van der Waals surface area contributed by atoms with Gasteiger partial charge in [0.2, 0.25) is 0 Å². The van der Waals surface area contributed by atoms with E-state index in [9.17, 15) is 4.79 Å². The first-order valence-electron chi connectivity index (χ1n) is 8.81. The van der Waals surface area contributed by atoms with Crippen LogP contribution < -0.4 is 4.74 Å². The van der Waals surface area contributed by atoms with Gasteiger partial charge in [0.15, 0.2) is 8.24 Å². The summed E-state index contributed by atoms with van der Waals surface area (Å²) in [7, 11) is -1.70. The van der Waals surface area contributed by atoms with Crippen molar-refractivity contribution >= 4 is 47.8 Å². The number of rotatable bonds is 4. The Balaban J connectivity index is 2.45. The van der Waals surface area contributed by atoms with E-state index < -0.39 is 8.24 Å². The smallest absolute Gasteiger partial charge is 0.409 e. The molecule has 0 radical (unpaired) electrons. The summed E-state index contributed by atoms with van der Waals surface area (Å²) in [5, 5.41) is 1.40. The number of benzene rings is 1. The van der Waals surface area contributed by atoms with Gasteiger partial charge in [-0.05, 0) is 65.9 Å². The second kappa shape index (κ2) is 7.30. The summed E-state index contributed by atoms with van der Waals surface area (Å²) in [4.78, 5) is 13.9. The van der Waals surface area contributed by atoms with Crippen LogP contribution in [0.15, 0.2) is 24.4 Å². The average molecular weight is 472 g/mol. The van der Waals surface area contributed by atoms with E-state index in [-0.39, 0.29) is 11.1 Å². The van der Waals surface area contributed by atoms with Crippen molar-refractivity contribution in [1.29, 1.82) is 0 Å². The third kappa shape index (κ3) is 3.74. The van der Waals surface area contributed by atoms with E-state index in [4.69, 9.17) is 4.74 Å². The molecule has 6 heteroatoms. The average Bonchev–Trinajstić information content (AvgIpc) is 2.95. The van der Waals surface area contributed by atoms with E-state index in [1.54, 1.807) is 4.90 Å². The summed E-state index contributed by atoms with van der Waals surface area (Å²) in [6.45, 7) is 17.0. The van der Waals surface area contributed by atoms with Gasteiger partial charge in [0.1, 0.15) is 5.75 Å². The van der Waals surface area contributed by atoms with Crippen LogP contribution in [0.3, 0.4) is 0 Å². The molecular weight excluding hydrogens is 443 g/mol. The molecule has 0 unspecified atom stereocenters. The monoisotopic (exact) mass is 472 g/mol. The van der Waals surface area contributed by atoms with Gasteiger partial charge >= 0.3 is 6.09 Å². The Labute approximate surface area is 165 Å². The first kappa shape index (κ1) is 20.3. The maximum Gasteiger partial charge on any atom is 0.415 e. The zero-order chi connectivity index (χ0) is 19.0. The second-order valence-corrected chi connectivity index (χ2v) is 14.0.